The van der Waals surface area contributed by atoms with Gasteiger partial charge in [-0.2, -0.15) is 0 Å². The minimum Gasteiger partial charge on any atom is -0.502 e. The molecule has 0 saturated heterocycles. The smallest absolute Gasteiger partial charge is 0.311 e. The maximum atomic E-state index is 11.3. The lowest BCUT2D eigenvalue weighted by molar-refractivity contribution is -0.385. The van der Waals surface area contributed by atoms with Crippen LogP contribution in [0, 0.1) is 10.1 Å². The van der Waals surface area contributed by atoms with Crippen LogP contribution < -0.4 is 10.6 Å². The molecule has 2 rings (SSSR count). The zero-order chi connectivity index (χ0) is 19.1. The molecule has 26 heavy (non-hydrogen) atoms. The molecule has 8 nitrogen and oxygen atoms in total. The second-order valence-corrected chi connectivity index (χ2v) is 5.54. The molecule has 0 aliphatic carbocycles. The number of nitro benzene ring substituents is 1. The average molecular weight is 372 g/mol. The second-order valence-electron chi connectivity index (χ2n) is 5.13. The molecule has 1 amide bonds. The molecule has 0 aromatic heterocycles. The summed E-state index contributed by atoms with van der Waals surface area (Å²) in [7, 11) is 0. The van der Waals surface area contributed by atoms with Gasteiger partial charge < -0.3 is 15.7 Å². The predicted molar refractivity (Wildman–Crippen MR) is 103 cm³/mol. The van der Waals surface area contributed by atoms with Crippen LogP contribution in [-0.2, 0) is 4.79 Å². The molecule has 3 N–H and O–H groups in total. The number of hydrogen-bond donors (Lipinski definition) is 3. The summed E-state index contributed by atoms with van der Waals surface area (Å²) in [5, 5.41) is 26.3. The zero-order valence-corrected chi connectivity index (χ0v) is 14.6. The number of phenolic OH excluding ortho intramolecular Hbond substituents is 1. The van der Waals surface area contributed by atoms with Crippen LogP contribution in [0.2, 0.25) is 0 Å². The lowest BCUT2D eigenvalue weighted by Crippen LogP contribution is -2.33. The topological polar surface area (TPSA) is 117 Å². The van der Waals surface area contributed by atoms with Gasteiger partial charge in [-0.15, -0.1) is 0 Å². The third kappa shape index (κ3) is 5.08. The van der Waals surface area contributed by atoms with E-state index in [0.29, 0.717) is 17.8 Å². The van der Waals surface area contributed by atoms with E-state index in [4.69, 9.17) is 12.2 Å². The van der Waals surface area contributed by atoms with E-state index in [0.717, 1.165) is 0 Å². The van der Waals surface area contributed by atoms with Crippen LogP contribution >= 0.6 is 12.2 Å². The summed E-state index contributed by atoms with van der Waals surface area (Å²) < 4.78 is 0. The lowest BCUT2D eigenvalue weighted by atomic mass is 10.2. The van der Waals surface area contributed by atoms with Gasteiger partial charge >= 0.3 is 5.69 Å². The molecule has 0 radical (unpaired) electrons. The van der Waals surface area contributed by atoms with Crippen molar-refractivity contribution in [3.8, 4) is 5.75 Å². The fraction of sp³-hybridized carbons (Fsp3) is 0.118. The van der Waals surface area contributed by atoms with Gasteiger partial charge in [0.25, 0.3) is 0 Å². The SMILES string of the molecule is CCC(=O)NC(=S)Nc1ccc(N=Cc2cccc([N+](=O)[O-])c2O)cc1. The number of aromatic hydroxyl groups is 1. The number of aliphatic imine (C=N–C) groups is 1. The van der Waals surface area contributed by atoms with Gasteiger partial charge in [-0.25, -0.2) is 0 Å². The van der Waals surface area contributed by atoms with Gasteiger partial charge in [0, 0.05) is 30.0 Å². The van der Waals surface area contributed by atoms with Gasteiger partial charge in [-0.1, -0.05) is 13.0 Å². The van der Waals surface area contributed by atoms with E-state index in [2.05, 4.69) is 15.6 Å². The summed E-state index contributed by atoms with van der Waals surface area (Å²) in [6.45, 7) is 1.73. The van der Waals surface area contributed by atoms with Crippen molar-refractivity contribution >= 4 is 46.5 Å². The van der Waals surface area contributed by atoms with Crippen molar-refractivity contribution in [2.24, 2.45) is 4.99 Å². The summed E-state index contributed by atoms with van der Waals surface area (Å²) in [5.74, 6) is -0.614. The van der Waals surface area contributed by atoms with Gasteiger partial charge in [-0.3, -0.25) is 19.9 Å². The fourth-order valence-electron chi connectivity index (χ4n) is 1.95. The van der Waals surface area contributed by atoms with Crippen molar-refractivity contribution in [1.29, 1.82) is 0 Å². The number of amides is 1. The first-order chi connectivity index (χ1) is 12.4. The Labute approximate surface area is 154 Å². The number of phenols is 1. The first-order valence-electron chi connectivity index (χ1n) is 7.62. The Morgan fingerprint density at radius 3 is 2.62 bits per heavy atom. The van der Waals surface area contributed by atoms with Crippen LogP contribution in [0.4, 0.5) is 17.1 Å². The largest absolute Gasteiger partial charge is 0.502 e. The first kappa shape index (κ1) is 19.0. The maximum Gasteiger partial charge on any atom is 0.311 e. The van der Waals surface area contributed by atoms with Crippen LogP contribution in [0.1, 0.15) is 18.9 Å². The van der Waals surface area contributed by atoms with Crippen LogP contribution in [0.25, 0.3) is 0 Å². The number of carbonyl (C=O) groups excluding carboxylic acids is 1. The molecule has 0 atom stereocenters. The lowest BCUT2D eigenvalue weighted by Gasteiger charge is -2.08. The molecule has 0 spiro atoms. The van der Waals surface area contributed by atoms with Gasteiger partial charge in [0.15, 0.2) is 5.11 Å². The highest BCUT2D eigenvalue weighted by Crippen LogP contribution is 2.28. The molecule has 9 heteroatoms. The number of anilines is 1. The van der Waals surface area contributed by atoms with Gasteiger partial charge in [-0.05, 0) is 42.5 Å². The molecule has 0 saturated carbocycles. The Kier molecular flexibility index (Phi) is 6.34. The fourth-order valence-corrected chi connectivity index (χ4v) is 2.18. The molecule has 2 aromatic rings. The third-order valence-corrected chi connectivity index (χ3v) is 3.50. The standard InChI is InChI=1S/C17H16N4O4S/c1-2-15(22)20-17(26)19-13-8-6-12(7-9-13)18-10-11-4-3-5-14(16(11)23)21(24)25/h3-10,23H,2H2,1H3,(H2,19,20,22,26). The van der Waals surface area contributed by atoms with E-state index >= 15 is 0 Å². The molecule has 0 heterocycles. The Hall–Kier alpha value is -3.33. The Morgan fingerprint density at radius 1 is 1.31 bits per heavy atom. The third-order valence-electron chi connectivity index (χ3n) is 3.29. The van der Waals surface area contributed by atoms with Crippen molar-refractivity contribution in [1.82, 2.24) is 5.32 Å². The van der Waals surface area contributed by atoms with Crippen molar-refractivity contribution in [2.45, 2.75) is 13.3 Å². The number of thiocarbonyl (C=S) groups is 1. The normalized spacial score (nSPS) is 10.5. The van der Waals surface area contributed by atoms with Crippen molar-refractivity contribution < 1.29 is 14.8 Å². The predicted octanol–water partition coefficient (Wildman–Crippen LogP) is 3.27. The summed E-state index contributed by atoms with van der Waals surface area (Å²) in [6, 6.07) is 11.0. The Balaban J connectivity index is 2.06. The number of benzene rings is 2. The minimum atomic E-state index is -0.659. The highest BCUT2D eigenvalue weighted by Gasteiger charge is 2.14. The Bertz CT molecular complexity index is 866. The van der Waals surface area contributed by atoms with Gasteiger partial charge in [0.05, 0.1) is 10.6 Å². The summed E-state index contributed by atoms with van der Waals surface area (Å²) >= 11 is 5.02. The van der Waals surface area contributed by atoms with E-state index < -0.39 is 10.7 Å². The molecule has 0 bridgehead atoms. The number of nitrogens with zero attached hydrogens (tertiary/aromatic N) is 2. The highest BCUT2D eigenvalue weighted by molar-refractivity contribution is 7.80. The van der Waals surface area contributed by atoms with Crippen molar-refractivity contribution in [3.63, 3.8) is 0 Å². The number of carbonyl (C=O) groups is 1. The van der Waals surface area contributed by atoms with Gasteiger partial charge in [0.1, 0.15) is 0 Å². The summed E-state index contributed by atoms with van der Waals surface area (Å²) in [5.41, 5.74) is 1.11. The van der Waals surface area contributed by atoms with E-state index in [1.54, 1.807) is 31.2 Å². The number of nitro groups is 1. The van der Waals surface area contributed by atoms with Crippen molar-refractivity contribution in [2.75, 3.05) is 5.32 Å². The molecular formula is C17H16N4O4S. The summed E-state index contributed by atoms with van der Waals surface area (Å²) in [6.07, 6.45) is 1.68. The molecule has 134 valence electrons. The quantitative estimate of drug-likeness (QED) is 0.321. The molecule has 0 fully saturated rings. The van der Waals surface area contributed by atoms with Crippen LogP contribution in [-0.4, -0.2) is 27.3 Å². The van der Waals surface area contributed by atoms with Crippen LogP contribution in [0.15, 0.2) is 47.5 Å². The van der Waals surface area contributed by atoms with E-state index in [1.165, 1.54) is 24.4 Å². The monoisotopic (exact) mass is 372 g/mol. The molecule has 2 aromatic carbocycles. The Morgan fingerprint density at radius 2 is 2.00 bits per heavy atom. The van der Waals surface area contributed by atoms with Crippen LogP contribution in [0.5, 0.6) is 5.75 Å². The van der Waals surface area contributed by atoms with E-state index in [-0.39, 0.29) is 22.3 Å². The van der Waals surface area contributed by atoms with E-state index in [9.17, 15) is 20.0 Å². The number of rotatable bonds is 5. The molecular weight excluding hydrogens is 356 g/mol. The number of nitrogens with one attached hydrogen (secondary N) is 2. The number of para-hydroxylation sites is 1. The molecule has 0 aliphatic heterocycles. The maximum absolute atomic E-state index is 11.3. The minimum absolute atomic E-state index is 0.180. The van der Waals surface area contributed by atoms with E-state index in [1.807, 2.05) is 0 Å². The van der Waals surface area contributed by atoms with Crippen LogP contribution in [0.3, 0.4) is 0 Å². The average Bonchev–Trinajstić information content (AvgIpc) is 2.61. The molecule has 0 aliphatic rings. The molecule has 0 unspecified atom stereocenters. The second kappa shape index (κ2) is 8.67. The highest BCUT2D eigenvalue weighted by atomic mass is 32.1. The van der Waals surface area contributed by atoms with Crippen molar-refractivity contribution in [3.05, 3.63) is 58.1 Å². The zero-order valence-electron chi connectivity index (χ0n) is 13.8. The summed E-state index contributed by atoms with van der Waals surface area (Å²) in [4.78, 5) is 25.6. The number of hydrogen-bond acceptors (Lipinski definition) is 6. The van der Waals surface area contributed by atoms with Gasteiger partial charge in [0.2, 0.25) is 11.7 Å². The first-order valence-corrected chi connectivity index (χ1v) is 8.03.